The van der Waals surface area contributed by atoms with Crippen LogP contribution in [0.5, 0.6) is 11.5 Å². The number of anilines is 1. The van der Waals surface area contributed by atoms with Crippen LogP contribution in [0.3, 0.4) is 0 Å². The number of imidazole rings is 1. The number of nitrogens with zero attached hydrogens (tertiary/aromatic N) is 1. The summed E-state index contributed by atoms with van der Waals surface area (Å²) in [5.74, 6) is -1.06. The van der Waals surface area contributed by atoms with E-state index in [-0.39, 0.29) is 11.7 Å². The molecule has 3 rings (SSSR count). The van der Waals surface area contributed by atoms with Gasteiger partial charge in [-0.1, -0.05) is 11.8 Å². The van der Waals surface area contributed by atoms with Crippen molar-refractivity contribution in [2.75, 3.05) is 25.3 Å². The molecule has 0 fully saturated rings. The average molecular weight is 379 g/mol. The summed E-state index contributed by atoms with van der Waals surface area (Å²) in [5.41, 5.74) is 1.22. The molecular weight excluding hydrogens is 364 g/mol. The van der Waals surface area contributed by atoms with Crippen LogP contribution in [0.1, 0.15) is 0 Å². The fourth-order valence-electron chi connectivity index (χ4n) is 2.29. The maximum atomic E-state index is 13.2. The standard InChI is InChI=1S/C17H15F2N3O3S/c1-24-14-4-3-9(5-15(14)25-2)20-16(23)8-26-17-21-12-6-10(18)11(19)7-13(12)22-17/h3-7H,8H2,1-2H3,(H,20,23)(H,21,22). The molecule has 2 N–H and O–H groups in total. The predicted molar refractivity (Wildman–Crippen MR) is 94.9 cm³/mol. The van der Waals surface area contributed by atoms with E-state index in [0.29, 0.717) is 33.4 Å². The van der Waals surface area contributed by atoms with Crippen LogP contribution in [-0.2, 0) is 4.79 Å². The van der Waals surface area contributed by atoms with Gasteiger partial charge in [-0.3, -0.25) is 4.79 Å². The Labute approximate surface area is 151 Å². The summed E-state index contributed by atoms with van der Waals surface area (Å²) in [6.07, 6.45) is 0. The second kappa shape index (κ2) is 7.61. The number of hydrogen-bond acceptors (Lipinski definition) is 5. The van der Waals surface area contributed by atoms with Crippen molar-refractivity contribution in [2.24, 2.45) is 0 Å². The lowest BCUT2D eigenvalue weighted by molar-refractivity contribution is -0.113. The average Bonchev–Trinajstić information content (AvgIpc) is 3.02. The van der Waals surface area contributed by atoms with E-state index in [9.17, 15) is 13.6 Å². The molecule has 3 aromatic rings. The fraction of sp³-hybridized carbons (Fsp3) is 0.176. The minimum absolute atomic E-state index is 0.0686. The molecular formula is C17H15F2N3O3S. The van der Waals surface area contributed by atoms with Crippen LogP contribution in [0, 0.1) is 11.6 Å². The molecule has 0 saturated heterocycles. The van der Waals surface area contributed by atoms with Gasteiger partial charge in [0.15, 0.2) is 28.3 Å². The number of thioether (sulfide) groups is 1. The van der Waals surface area contributed by atoms with Crippen molar-refractivity contribution in [1.82, 2.24) is 9.97 Å². The molecule has 0 saturated carbocycles. The number of benzene rings is 2. The zero-order valence-corrected chi connectivity index (χ0v) is 14.7. The highest BCUT2D eigenvalue weighted by atomic mass is 32.2. The number of nitrogens with one attached hydrogen (secondary N) is 2. The lowest BCUT2D eigenvalue weighted by atomic mass is 10.2. The van der Waals surface area contributed by atoms with Crippen molar-refractivity contribution >= 4 is 34.4 Å². The maximum absolute atomic E-state index is 13.2. The van der Waals surface area contributed by atoms with E-state index in [2.05, 4.69) is 15.3 Å². The first-order valence-electron chi connectivity index (χ1n) is 7.49. The third-order valence-electron chi connectivity index (χ3n) is 3.51. The fourth-order valence-corrected chi connectivity index (χ4v) is 2.98. The van der Waals surface area contributed by atoms with Gasteiger partial charge >= 0.3 is 0 Å². The van der Waals surface area contributed by atoms with Gasteiger partial charge in [0.25, 0.3) is 0 Å². The number of rotatable bonds is 6. The number of ether oxygens (including phenoxy) is 2. The molecule has 0 atom stereocenters. The highest BCUT2D eigenvalue weighted by Gasteiger charge is 2.12. The van der Waals surface area contributed by atoms with Crippen molar-refractivity contribution in [3.8, 4) is 11.5 Å². The van der Waals surface area contributed by atoms with Crippen LogP contribution in [0.15, 0.2) is 35.5 Å². The summed E-state index contributed by atoms with van der Waals surface area (Å²) in [6, 6.07) is 7.06. The number of H-pyrrole nitrogens is 1. The van der Waals surface area contributed by atoms with Crippen LogP contribution in [0.2, 0.25) is 0 Å². The number of aromatic nitrogens is 2. The largest absolute Gasteiger partial charge is 0.493 e. The normalized spacial score (nSPS) is 10.8. The van der Waals surface area contributed by atoms with Gasteiger partial charge in [-0.05, 0) is 12.1 Å². The number of aromatic amines is 1. The lowest BCUT2D eigenvalue weighted by Crippen LogP contribution is -2.14. The number of halogens is 2. The zero-order chi connectivity index (χ0) is 18.7. The van der Waals surface area contributed by atoms with Crippen LogP contribution in [0.25, 0.3) is 11.0 Å². The number of amides is 1. The second-order valence-electron chi connectivity index (χ2n) is 5.23. The summed E-state index contributed by atoms with van der Waals surface area (Å²) in [7, 11) is 3.03. The number of hydrogen-bond donors (Lipinski definition) is 2. The minimum Gasteiger partial charge on any atom is -0.493 e. The summed E-state index contributed by atoms with van der Waals surface area (Å²) >= 11 is 1.12. The summed E-state index contributed by atoms with van der Waals surface area (Å²) in [4.78, 5) is 19.1. The molecule has 26 heavy (non-hydrogen) atoms. The Bertz CT molecular complexity index is 923. The molecule has 0 aliphatic carbocycles. The molecule has 2 aromatic carbocycles. The Morgan fingerprint density at radius 1 is 1.15 bits per heavy atom. The SMILES string of the molecule is COc1ccc(NC(=O)CSc2nc3cc(F)c(F)cc3[nH]2)cc1OC. The molecule has 6 nitrogen and oxygen atoms in total. The number of carbonyl (C=O) groups is 1. The molecule has 0 bridgehead atoms. The topological polar surface area (TPSA) is 76.2 Å². The molecule has 9 heteroatoms. The summed E-state index contributed by atoms with van der Waals surface area (Å²) in [6.45, 7) is 0. The molecule has 0 aliphatic rings. The summed E-state index contributed by atoms with van der Waals surface area (Å²) < 4.78 is 36.8. The smallest absolute Gasteiger partial charge is 0.234 e. The lowest BCUT2D eigenvalue weighted by Gasteiger charge is -2.10. The number of carbonyl (C=O) groups excluding carboxylic acids is 1. The van der Waals surface area contributed by atoms with Crippen molar-refractivity contribution in [3.05, 3.63) is 42.0 Å². The molecule has 0 aliphatic heterocycles. The Hall–Kier alpha value is -2.81. The predicted octanol–water partition coefficient (Wildman–Crippen LogP) is 3.59. The third-order valence-corrected chi connectivity index (χ3v) is 4.38. The summed E-state index contributed by atoms with van der Waals surface area (Å²) in [5, 5.41) is 3.13. The van der Waals surface area contributed by atoms with Gasteiger partial charge in [-0.2, -0.15) is 0 Å². The van der Waals surface area contributed by atoms with E-state index in [1.807, 2.05) is 0 Å². The van der Waals surface area contributed by atoms with E-state index in [1.54, 1.807) is 18.2 Å². The van der Waals surface area contributed by atoms with Crippen molar-refractivity contribution in [3.63, 3.8) is 0 Å². The van der Waals surface area contributed by atoms with E-state index in [0.717, 1.165) is 23.9 Å². The monoisotopic (exact) mass is 379 g/mol. The van der Waals surface area contributed by atoms with E-state index >= 15 is 0 Å². The van der Waals surface area contributed by atoms with Gasteiger partial charge in [0, 0.05) is 23.9 Å². The Morgan fingerprint density at radius 2 is 1.88 bits per heavy atom. The Kier molecular flexibility index (Phi) is 5.27. The number of fused-ring (bicyclic) bond motifs is 1. The van der Waals surface area contributed by atoms with Gasteiger partial charge in [-0.15, -0.1) is 0 Å². The quantitative estimate of drug-likeness (QED) is 0.640. The van der Waals surface area contributed by atoms with Crippen LogP contribution in [0.4, 0.5) is 14.5 Å². The van der Waals surface area contributed by atoms with Gasteiger partial charge < -0.3 is 19.8 Å². The maximum Gasteiger partial charge on any atom is 0.234 e. The van der Waals surface area contributed by atoms with Gasteiger partial charge in [-0.25, -0.2) is 13.8 Å². The van der Waals surface area contributed by atoms with Crippen LogP contribution in [-0.4, -0.2) is 35.8 Å². The third kappa shape index (κ3) is 3.88. The highest BCUT2D eigenvalue weighted by molar-refractivity contribution is 7.99. The van der Waals surface area contributed by atoms with Crippen LogP contribution < -0.4 is 14.8 Å². The van der Waals surface area contributed by atoms with Gasteiger partial charge in [0.05, 0.1) is 31.0 Å². The highest BCUT2D eigenvalue weighted by Crippen LogP contribution is 2.30. The first kappa shape index (κ1) is 18.0. The Morgan fingerprint density at radius 3 is 2.62 bits per heavy atom. The second-order valence-corrected chi connectivity index (χ2v) is 6.20. The van der Waals surface area contributed by atoms with E-state index < -0.39 is 11.6 Å². The molecule has 136 valence electrons. The van der Waals surface area contributed by atoms with Gasteiger partial charge in [0.2, 0.25) is 5.91 Å². The molecule has 1 heterocycles. The van der Waals surface area contributed by atoms with Gasteiger partial charge in [0.1, 0.15) is 0 Å². The van der Waals surface area contributed by atoms with Crippen LogP contribution >= 0.6 is 11.8 Å². The van der Waals surface area contributed by atoms with Crippen molar-refractivity contribution in [1.29, 1.82) is 0 Å². The van der Waals surface area contributed by atoms with Crippen molar-refractivity contribution < 1.29 is 23.0 Å². The minimum atomic E-state index is -0.966. The molecule has 0 unspecified atom stereocenters. The van der Waals surface area contributed by atoms with Crippen molar-refractivity contribution in [2.45, 2.75) is 5.16 Å². The first-order valence-corrected chi connectivity index (χ1v) is 8.48. The molecule has 0 radical (unpaired) electrons. The van der Waals surface area contributed by atoms with E-state index in [4.69, 9.17) is 9.47 Å². The Balaban J connectivity index is 1.64. The zero-order valence-electron chi connectivity index (χ0n) is 13.9. The van der Waals surface area contributed by atoms with E-state index in [1.165, 1.54) is 14.2 Å². The number of methoxy groups -OCH3 is 2. The molecule has 1 aromatic heterocycles. The molecule has 1 amide bonds. The molecule has 0 spiro atoms. The first-order chi connectivity index (χ1) is 12.5.